The number of hydrazone groups is 1. The number of carbonyl (C=O) groups is 2. The highest BCUT2D eigenvalue weighted by molar-refractivity contribution is 8.14. The van der Waals surface area contributed by atoms with E-state index in [0.29, 0.717) is 30.0 Å². The van der Waals surface area contributed by atoms with Gasteiger partial charge in [0.25, 0.3) is 0 Å². The fourth-order valence-electron chi connectivity index (χ4n) is 3.33. The molecule has 2 aromatic carbocycles. The van der Waals surface area contributed by atoms with E-state index in [1.165, 1.54) is 30.6 Å². The van der Waals surface area contributed by atoms with Crippen molar-refractivity contribution in [1.82, 2.24) is 10.3 Å². The summed E-state index contributed by atoms with van der Waals surface area (Å²) in [4.78, 5) is 23.6. The number of nitrogens with one attached hydrogen (secondary N) is 1. The number of hydrogen-bond acceptors (Lipinski definition) is 6. The molecule has 1 heterocycles. The molecule has 0 fully saturated rings. The molecule has 170 valence electrons. The lowest BCUT2D eigenvalue weighted by molar-refractivity contribution is -0.129. The molecule has 3 rings (SSSR count). The van der Waals surface area contributed by atoms with Gasteiger partial charge in [-0.25, -0.2) is 5.01 Å². The number of carbonyl (C=O) groups excluding carboxylic acids is 2. The predicted octanol–water partition coefficient (Wildman–Crippen LogP) is 4.58. The summed E-state index contributed by atoms with van der Waals surface area (Å²) in [6.45, 7) is 9.91. The molecule has 32 heavy (non-hydrogen) atoms. The van der Waals surface area contributed by atoms with Crippen LogP contribution in [-0.4, -0.2) is 35.2 Å². The van der Waals surface area contributed by atoms with Crippen molar-refractivity contribution in [3.8, 4) is 11.5 Å². The van der Waals surface area contributed by atoms with Gasteiger partial charge >= 0.3 is 0 Å². The predicted molar refractivity (Wildman–Crippen MR) is 127 cm³/mol. The highest BCUT2D eigenvalue weighted by Crippen LogP contribution is 2.42. The Labute approximate surface area is 193 Å². The van der Waals surface area contributed by atoms with Crippen LogP contribution >= 0.6 is 11.8 Å². The molecule has 1 aliphatic rings. The van der Waals surface area contributed by atoms with Crippen LogP contribution in [0.3, 0.4) is 0 Å². The first-order valence-corrected chi connectivity index (χ1v) is 11.4. The van der Waals surface area contributed by atoms with Crippen molar-refractivity contribution in [2.45, 2.75) is 45.9 Å². The lowest BCUT2D eigenvalue weighted by atomic mass is 10.0. The standard InChI is InChI=1S/C24H29N3O4S/c1-15(2)19-11-10-16(3)14-22(19)31-13-12-30-21-9-7-6-8-20(21)23-27(18(5)29)26-24(32-23)25-17(4)28/h6-11,14-15,23H,12-13H2,1-5H3,(H,25,26,28)/t23-/m1/s1. The van der Waals surface area contributed by atoms with Crippen molar-refractivity contribution in [3.05, 3.63) is 59.2 Å². The zero-order valence-electron chi connectivity index (χ0n) is 19.0. The summed E-state index contributed by atoms with van der Waals surface area (Å²) in [6.07, 6.45) is 0. The molecular formula is C24H29N3O4S. The SMILES string of the molecule is CC(=O)NC1=NN(C(C)=O)[C@@H](c2ccccc2OCCOc2cc(C)ccc2C(C)C)S1. The number of para-hydroxylation sites is 1. The fraction of sp³-hybridized carbons (Fsp3) is 0.375. The van der Waals surface area contributed by atoms with Gasteiger partial charge in [-0.3, -0.25) is 9.59 Å². The lowest BCUT2D eigenvalue weighted by Crippen LogP contribution is -2.25. The molecule has 0 bridgehead atoms. The second-order valence-electron chi connectivity index (χ2n) is 7.85. The van der Waals surface area contributed by atoms with Gasteiger partial charge in [-0.15, -0.1) is 5.10 Å². The second kappa shape index (κ2) is 10.5. The topological polar surface area (TPSA) is 80.2 Å². The van der Waals surface area contributed by atoms with Gasteiger partial charge in [-0.1, -0.05) is 55.9 Å². The molecule has 0 aromatic heterocycles. The first-order chi connectivity index (χ1) is 15.3. The van der Waals surface area contributed by atoms with Crippen molar-refractivity contribution < 1.29 is 19.1 Å². The summed E-state index contributed by atoms with van der Waals surface area (Å²) in [5.74, 6) is 1.43. The number of nitrogens with zero attached hydrogens (tertiary/aromatic N) is 2. The van der Waals surface area contributed by atoms with Crippen LogP contribution in [0.4, 0.5) is 0 Å². The molecular weight excluding hydrogens is 426 g/mol. The highest BCUT2D eigenvalue weighted by atomic mass is 32.2. The first kappa shape index (κ1) is 23.7. The molecule has 7 nitrogen and oxygen atoms in total. The Morgan fingerprint density at radius 1 is 1.09 bits per heavy atom. The Morgan fingerprint density at radius 2 is 1.78 bits per heavy atom. The van der Waals surface area contributed by atoms with Gasteiger partial charge in [-0.05, 0) is 36.1 Å². The summed E-state index contributed by atoms with van der Waals surface area (Å²) in [5, 5.41) is 8.23. The van der Waals surface area contributed by atoms with Crippen LogP contribution < -0.4 is 14.8 Å². The average Bonchev–Trinajstić information content (AvgIpc) is 3.14. The van der Waals surface area contributed by atoms with Gasteiger partial charge in [0.15, 0.2) is 5.17 Å². The minimum Gasteiger partial charge on any atom is -0.490 e. The van der Waals surface area contributed by atoms with E-state index < -0.39 is 5.37 Å². The molecule has 0 unspecified atom stereocenters. The monoisotopic (exact) mass is 455 g/mol. The van der Waals surface area contributed by atoms with E-state index in [9.17, 15) is 9.59 Å². The third-order valence-corrected chi connectivity index (χ3v) is 5.91. The summed E-state index contributed by atoms with van der Waals surface area (Å²) in [5.41, 5.74) is 3.11. The molecule has 0 saturated carbocycles. The molecule has 2 amide bonds. The molecule has 2 aromatic rings. The van der Waals surface area contributed by atoms with Crippen LogP contribution in [0.25, 0.3) is 0 Å². The third kappa shape index (κ3) is 5.82. The van der Waals surface area contributed by atoms with Crippen molar-refractivity contribution in [3.63, 3.8) is 0 Å². The maximum Gasteiger partial charge on any atom is 0.241 e. The second-order valence-corrected chi connectivity index (χ2v) is 8.92. The molecule has 0 spiro atoms. The van der Waals surface area contributed by atoms with E-state index in [1.54, 1.807) is 0 Å². The van der Waals surface area contributed by atoms with Crippen molar-refractivity contribution in [1.29, 1.82) is 0 Å². The van der Waals surface area contributed by atoms with Crippen LogP contribution in [-0.2, 0) is 9.59 Å². The van der Waals surface area contributed by atoms with Crippen molar-refractivity contribution in [2.24, 2.45) is 5.10 Å². The summed E-state index contributed by atoms with van der Waals surface area (Å²) >= 11 is 1.30. The van der Waals surface area contributed by atoms with E-state index in [-0.39, 0.29) is 11.8 Å². The van der Waals surface area contributed by atoms with E-state index in [2.05, 4.69) is 36.4 Å². The van der Waals surface area contributed by atoms with E-state index in [0.717, 1.165) is 22.4 Å². The number of aryl methyl sites for hydroxylation is 1. The molecule has 0 saturated heterocycles. The normalized spacial score (nSPS) is 15.5. The summed E-state index contributed by atoms with van der Waals surface area (Å²) in [6, 6.07) is 13.8. The van der Waals surface area contributed by atoms with Gasteiger partial charge in [0, 0.05) is 19.4 Å². The quantitative estimate of drug-likeness (QED) is 0.618. The smallest absolute Gasteiger partial charge is 0.241 e. The number of benzene rings is 2. The molecule has 0 aliphatic carbocycles. The minimum atomic E-state index is -0.421. The Kier molecular flexibility index (Phi) is 7.80. The van der Waals surface area contributed by atoms with Gasteiger partial charge in [0.2, 0.25) is 11.8 Å². The van der Waals surface area contributed by atoms with Gasteiger partial charge in [-0.2, -0.15) is 0 Å². The van der Waals surface area contributed by atoms with Gasteiger partial charge < -0.3 is 14.8 Å². The highest BCUT2D eigenvalue weighted by Gasteiger charge is 2.34. The minimum absolute atomic E-state index is 0.221. The zero-order chi connectivity index (χ0) is 23.3. The Balaban J connectivity index is 1.68. The molecule has 1 atom stereocenters. The maximum atomic E-state index is 12.1. The van der Waals surface area contributed by atoms with E-state index >= 15 is 0 Å². The molecule has 1 aliphatic heterocycles. The van der Waals surface area contributed by atoms with Gasteiger partial charge in [0.1, 0.15) is 30.1 Å². The largest absolute Gasteiger partial charge is 0.490 e. The van der Waals surface area contributed by atoms with Gasteiger partial charge in [0.05, 0.1) is 0 Å². The van der Waals surface area contributed by atoms with Crippen LogP contribution in [0, 0.1) is 6.92 Å². The molecule has 8 heteroatoms. The van der Waals surface area contributed by atoms with Crippen molar-refractivity contribution >= 4 is 28.7 Å². The zero-order valence-corrected chi connectivity index (χ0v) is 19.9. The summed E-state index contributed by atoms with van der Waals surface area (Å²) in [7, 11) is 0. The number of thioether (sulfide) groups is 1. The van der Waals surface area contributed by atoms with Crippen LogP contribution in [0.2, 0.25) is 0 Å². The average molecular weight is 456 g/mol. The molecule has 1 N–H and O–H groups in total. The fourth-order valence-corrected chi connectivity index (χ4v) is 4.49. The third-order valence-electron chi connectivity index (χ3n) is 4.82. The van der Waals surface area contributed by atoms with E-state index in [4.69, 9.17) is 9.47 Å². The maximum absolute atomic E-state index is 12.1. The van der Waals surface area contributed by atoms with Crippen LogP contribution in [0.5, 0.6) is 11.5 Å². The Hall–Kier alpha value is -3.00. The molecule has 0 radical (unpaired) electrons. The number of amides is 2. The Morgan fingerprint density at radius 3 is 2.44 bits per heavy atom. The first-order valence-electron chi connectivity index (χ1n) is 10.5. The van der Waals surface area contributed by atoms with Crippen LogP contribution in [0.15, 0.2) is 47.6 Å². The Bertz CT molecular complexity index is 1020. The van der Waals surface area contributed by atoms with E-state index in [1.807, 2.05) is 37.3 Å². The summed E-state index contributed by atoms with van der Waals surface area (Å²) < 4.78 is 12.1. The number of rotatable bonds is 7. The number of hydrogen-bond donors (Lipinski definition) is 1. The lowest BCUT2D eigenvalue weighted by Gasteiger charge is -2.22. The number of amidine groups is 1. The van der Waals surface area contributed by atoms with Crippen LogP contribution in [0.1, 0.15) is 55.7 Å². The number of ether oxygens (including phenoxy) is 2. The van der Waals surface area contributed by atoms with Crippen molar-refractivity contribution in [2.75, 3.05) is 13.2 Å².